The largest absolute Gasteiger partial charge is 0.317 e. The smallest absolute Gasteiger partial charge is 0.00106 e. The van der Waals surface area contributed by atoms with Gasteiger partial charge >= 0.3 is 0 Å². The van der Waals surface area contributed by atoms with Gasteiger partial charge in [0, 0.05) is 6.54 Å². The van der Waals surface area contributed by atoms with Gasteiger partial charge in [-0.15, -0.1) is 0 Å². The van der Waals surface area contributed by atoms with Crippen LogP contribution in [0, 0.1) is 17.8 Å². The first-order chi connectivity index (χ1) is 9.42. The summed E-state index contributed by atoms with van der Waals surface area (Å²) in [5, 5.41) is 3.48. The van der Waals surface area contributed by atoms with Crippen molar-refractivity contribution in [2.24, 2.45) is 17.8 Å². The summed E-state index contributed by atoms with van der Waals surface area (Å²) < 4.78 is 0. The molecule has 1 saturated carbocycles. The third-order valence-electron chi connectivity index (χ3n) is 5.92. The van der Waals surface area contributed by atoms with Crippen LogP contribution in [-0.2, 0) is 0 Å². The Kier molecular flexibility index (Phi) is 5.17. The van der Waals surface area contributed by atoms with E-state index in [2.05, 4.69) is 10.2 Å². The summed E-state index contributed by atoms with van der Waals surface area (Å²) in [5.41, 5.74) is 0. The fourth-order valence-electron chi connectivity index (χ4n) is 4.64. The van der Waals surface area contributed by atoms with Gasteiger partial charge in [-0.3, -0.25) is 0 Å². The summed E-state index contributed by atoms with van der Waals surface area (Å²) in [6.45, 7) is 6.68. The molecule has 0 aromatic heterocycles. The Balaban J connectivity index is 1.38. The molecule has 1 aliphatic carbocycles. The summed E-state index contributed by atoms with van der Waals surface area (Å²) in [6.07, 6.45) is 13.4. The average Bonchev–Trinajstić information content (AvgIpc) is 2.50. The van der Waals surface area contributed by atoms with Crippen molar-refractivity contribution in [3.05, 3.63) is 0 Å². The van der Waals surface area contributed by atoms with Crippen molar-refractivity contribution in [2.75, 3.05) is 32.7 Å². The Labute approximate surface area is 119 Å². The number of hydrogen-bond donors (Lipinski definition) is 1. The van der Waals surface area contributed by atoms with E-state index < -0.39 is 0 Å². The molecule has 0 amide bonds. The van der Waals surface area contributed by atoms with Crippen molar-refractivity contribution in [1.82, 2.24) is 10.2 Å². The molecule has 2 heterocycles. The number of rotatable bonds is 3. The lowest BCUT2D eigenvalue weighted by molar-refractivity contribution is 0.109. The molecule has 2 aliphatic heterocycles. The van der Waals surface area contributed by atoms with Gasteiger partial charge in [0.15, 0.2) is 0 Å². The van der Waals surface area contributed by atoms with Crippen LogP contribution < -0.4 is 5.32 Å². The monoisotopic (exact) mass is 264 g/mol. The zero-order valence-electron chi connectivity index (χ0n) is 12.6. The van der Waals surface area contributed by atoms with Gasteiger partial charge in [-0.1, -0.05) is 32.1 Å². The van der Waals surface area contributed by atoms with E-state index in [1.807, 2.05) is 0 Å². The van der Waals surface area contributed by atoms with E-state index in [0.29, 0.717) is 0 Å². The molecule has 19 heavy (non-hydrogen) atoms. The summed E-state index contributed by atoms with van der Waals surface area (Å²) in [7, 11) is 0. The molecule has 0 unspecified atom stereocenters. The van der Waals surface area contributed by atoms with Crippen molar-refractivity contribution in [1.29, 1.82) is 0 Å². The molecule has 0 aromatic rings. The topological polar surface area (TPSA) is 15.3 Å². The number of nitrogens with zero attached hydrogens (tertiary/aromatic N) is 1. The van der Waals surface area contributed by atoms with Crippen LogP contribution in [0.25, 0.3) is 0 Å². The van der Waals surface area contributed by atoms with Gasteiger partial charge in [-0.25, -0.2) is 0 Å². The minimum absolute atomic E-state index is 0.979. The molecule has 2 heteroatoms. The highest BCUT2D eigenvalue weighted by molar-refractivity contribution is 4.81. The molecule has 0 bridgehead atoms. The first kappa shape index (κ1) is 13.9. The Morgan fingerprint density at radius 2 is 1.37 bits per heavy atom. The molecule has 2 saturated heterocycles. The maximum absolute atomic E-state index is 3.48. The molecule has 3 rings (SSSR count). The lowest BCUT2D eigenvalue weighted by atomic mass is 9.76. The highest BCUT2D eigenvalue weighted by Crippen LogP contribution is 2.35. The van der Waals surface area contributed by atoms with E-state index >= 15 is 0 Å². The molecular formula is C17H32N2. The molecule has 3 aliphatic rings. The summed E-state index contributed by atoms with van der Waals surface area (Å²) in [6, 6.07) is 0. The lowest BCUT2D eigenvalue weighted by Gasteiger charge is -2.39. The molecule has 3 fully saturated rings. The molecule has 2 nitrogen and oxygen atoms in total. The molecular weight excluding hydrogens is 232 g/mol. The first-order valence-corrected chi connectivity index (χ1v) is 8.85. The van der Waals surface area contributed by atoms with E-state index in [1.165, 1.54) is 77.7 Å². The third kappa shape index (κ3) is 3.95. The molecule has 0 spiro atoms. The van der Waals surface area contributed by atoms with Crippen LogP contribution in [0.1, 0.15) is 57.8 Å². The predicted molar refractivity (Wildman–Crippen MR) is 81.3 cm³/mol. The van der Waals surface area contributed by atoms with Gasteiger partial charge in [-0.2, -0.15) is 0 Å². The summed E-state index contributed by atoms with van der Waals surface area (Å²) in [4.78, 5) is 2.77. The molecule has 110 valence electrons. The normalized spacial score (nSPS) is 29.7. The predicted octanol–water partition coefficient (Wildman–Crippen LogP) is 3.28. The number of piperidine rings is 2. The second-order valence-corrected chi connectivity index (χ2v) is 7.23. The highest BCUT2D eigenvalue weighted by Gasteiger charge is 2.28. The van der Waals surface area contributed by atoms with E-state index in [1.54, 1.807) is 12.8 Å². The summed E-state index contributed by atoms with van der Waals surface area (Å²) in [5.74, 6) is 3.15. The molecule has 0 radical (unpaired) electrons. The van der Waals surface area contributed by atoms with E-state index in [9.17, 15) is 0 Å². The van der Waals surface area contributed by atoms with Gasteiger partial charge in [0.2, 0.25) is 0 Å². The van der Waals surface area contributed by atoms with Crippen molar-refractivity contribution in [2.45, 2.75) is 57.8 Å². The average molecular weight is 264 g/mol. The van der Waals surface area contributed by atoms with Crippen LogP contribution in [0.3, 0.4) is 0 Å². The minimum Gasteiger partial charge on any atom is -0.317 e. The maximum atomic E-state index is 3.48. The Morgan fingerprint density at radius 3 is 2.05 bits per heavy atom. The maximum Gasteiger partial charge on any atom is 0.00106 e. The molecule has 1 N–H and O–H groups in total. The number of hydrogen-bond acceptors (Lipinski definition) is 2. The van der Waals surface area contributed by atoms with Crippen molar-refractivity contribution in [3.63, 3.8) is 0 Å². The van der Waals surface area contributed by atoms with Crippen LogP contribution in [0.2, 0.25) is 0 Å². The number of likely N-dealkylation sites (tertiary alicyclic amines) is 1. The standard InChI is InChI=1S/C17H32N2/c1-2-4-16(5-3-1)17-8-12-19(13-9-17)14-15-6-10-18-11-7-15/h15-18H,1-14H2. The second-order valence-electron chi connectivity index (χ2n) is 7.23. The van der Waals surface area contributed by atoms with Crippen LogP contribution in [0.15, 0.2) is 0 Å². The fourth-order valence-corrected chi connectivity index (χ4v) is 4.64. The highest BCUT2D eigenvalue weighted by atomic mass is 15.1. The quantitative estimate of drug-likeness (QED) is 0.841. The Morgan fingerprint density at radius 1 is 0.737 bits per heavy atom. The van der Waals surface area contributed by atoms with Crippen LogP contribution in [-0.4, -0.2) is 37.6 Å². The summed E-state index contributed by atoms with van der Waals surface area (Å²) >= 11 is 0. The van der Waals surface area contributed by atoms with Crippen LogP contribution in [0.5, 0.6) is 0 Å². The Hall–Kier alpha value is -0.0800. The van der Waals surface area contributed by atoms with Crippen molar-refractivity contribution >= 4 is 0 Å². The number of nitrogens with one attached hydrogen (secondary N) is 1. The van der Waals surface area contributed by atoms with E-state index in [0.717, 1.165) is 17.8 Å². The Bertz CT molecular complexity index is 246. The molecule has 0 atom stereocenters. The van der Waals surface area contributed by atoms with Crippen LogP contribution >= 0.6 is 0 Å². The van der Waals surface area contributed by atoms with Gasteiger partial charge in [0.1, 0.15) is 0 Å². The van der Waals surface area contributed by atoms with Gasteiger partial charge in [0.05, 0.1) is 0 Å². The fraction of sp³-hybridized carbons (Fsp3) is 1.00. The van der Waals surface area contributed by atoms with Crippen LogP contribution in [0.4, 0.5) is 0 Å². The SMILES string of the molecule is C1CCC(C2CCN(CC3CCNCC3)CC2)CC1. The van der Waals surface area contributed by atoms with Crippen molar-refractivity contribution < 1.29 is 0 Å². The molecule has 0 aromatic carbocycles. The second kappa shape index (κ2) is 7.08. The lowest BCUT2D eigenvalue weighted by Crippen LogP contribution is -2.41. The van der Waals surface area contributed by atoms with Gasteiger partial charge in [0.25, 0.3) is 0 Å². The first-order valence-electron chi connectivity index (χ1n) is 8.85. The zero-order valence-corrected chi connectivity index (χ0v) is 12.6. The third-order valence-corrected chi connectivity index (χ3v) is 5.92. The zero-order chi connectivity index (χ0) is 12.9. The van der Waals surface area contributed by atoms with E-state index in [4.69, 9.17) is 0 Å². The van der Waals surface area contributed by atoms with Gasteiger partial charge in [-0.05, 0) is 69.6 Å². The minimum atomic E-state index is 0.979. The van der Waals surface area contributed by atoms with Crippen molar-refractivity contribution in [3.8, 4) is 0 Å². The van der Waals surface area contributed by atoms with Gasteiger partial charge < -0.3 is 10.2 Å². The van der Waals surface area contributed by atoms with E-state index in [-0.39, 0.29) is 0 Å².